The number of nitrogens with two attached hydrogens (primary N) is 1. The first kappa shape index (κ1) is 27.7. The second-order valence-electron chi connectivity index (χ2n) is 9.55. The molecular weight excluding hydrogens is 539 g/mol. The van der Waals surface area contributed by atoms with Crippen LogP contribution in [0.5, 0.6) is 0 Å². The van der Waals surface area contributed by atoms with E-state index in [1.165, 1.54) is 23.5 Å². The van der Waals surface area contributed by atoms with Crippen molar-refractivity contribution in [3.63, 3.8) is 0 Å². The first-order chi connectivity index (χ1) is 19.8. The number of fused-ring (bicyclic) bond motifs is 1. The number of urea groups is 1. The minimum atomic E-state index is -0.932. The molecule has 2 aromatic heterocycles. The molecule has 2 unspecified atom stereocenters. The second kappa shape index (κ2) is 12.1. The van der Waals surface area contributed by atoms with Crippen LogP contribution < -0.4 is 5.73 Å². The van der Waals surface area contributed by atoms with Crippen LogP contribution in [0.15, 0.2) is 95.6 Å². The van der Waals surface area contributed by atoms with Crippen molar-refractivity contribution >= 4 is 34.3 Å². The predicted molar refractivity (Wildman–Crippen MR) is 157 cm³/mol. The summed E-state index contributed by atoms with van der Waals surface area (Å²) in [6, 6.07) is 23.9. The smallest absolute Gasteiger partial charge is 0.349 e. The summed E-state index contributed by atoms with van der Waals surface area (Å²) in [7, 11) is 0. The Balaban J connectivity index is 1.28. The highest BCUT2D eigenvalue weighted by Gasteiger charge is 2.28. The Hall–Kier alpha value is -4.87. The summed E-state index contributed by atoms with van der Waals surface area (Å²) in [4.78, 5) is 32.7. The van der Waals surface area contributed by atoms with Gasteiger partial charge in [0.15, 0.2) is 0 Å². The van der Waals surface area contributed by atoms with Crippen LogP contribution >= 0.6 is 11.3 Å². The van der Waals surface area contributed by atoms with Gasteiger partial charge in [0.2, 0.25) is 0 Å². The van der Waals surface area contributed by atoms with Gasteiger partial charge in [-0.15, -0.1) is 16.4 Å². The highest BCUT2D eigenvalue weighted by molar-refractivity contribution is 7.12. The van der Waals surface area contributed by atoms with Crippen molar-refractivity contribution in [2.75, 3.05) is 0 Å². The molecule has 0 aliphatic rings. The van der Waals surface area contributed by atoms with E-state index in [1.54, 1.807) is 38.3 Å². The van der Waals surface area contributed by atoms with Gasteiger partial charge in [-0.2, -0.15) is 0 Å². The number of carbonyl (C=O) groups excluding carboxylic acids is 2. The zero-order chi connectivity index (χ0) is 28.9. The SMILES string of the molecule is CC(C(=O)ON(C(N)=O)C(C)C#Cc1ccc(Cc2ccc(F)cc2)s1)c1cccc2c(-c3ccccc3)coc12. The van der Waals surface area contributed by atoms with Crippen molar-refractivity contribution in [3.8, 4) is 23.0 Å². The molecule has 206 valence electrons. The average Bonchev–Trinajstić information content (AvgIpc) is 3.62. The lowest BCUT2D eigenvalue weighted by Gasteiger charge is -2.23. The Bertz CT molecular complexity index is 1750. The molecule has 5 rings (SSSR count). The fourth-order valence-electron chi connectivity index (χ4n) is 4.46. The third kappa shape index (κ3) is 6.32. The number of halogens is 1. The van der Waals surface area contributed by atoms with Gasteiger partial charge < -0.3 is 15.0 Å². The van der Waals surface area contributed by atoms with Crippen molar-refractivity contribution in [2.24, 2.45) is 5.73 Å². The van der Waals surface area contributed by atoms with E-state index >= 15 is 0 Å². The molecule has 0 fully saturated rings. The molecule has 3 aromatic carbocycles. The van der Waals surface area contributed by atoms with Gasteiger partial charge in [-0.3, -0.25) is 0 Å². The summed E-state index contributed by atoms with van der Waals surface area (Å²) in [6.07, 6.45) is 2.32. The predicted octanol–water partition coefficient (Wildman–Crippen LogP) is 7.27. The Morgan fingerprint density at radius 2 is 1.76 bits per heavy atom. The molecule has 6 nitrogen and oxygen atoms in total. The normalized spacial score (nSPS) is 12.3. The van der Waals surface area contributed by atoms with Crippen molar-refractivity contribution in [3.05, 3.63) is 118 Å². The third-order valence-corrected chi connectivity index (χ3v) is 7.65. The van der Waals surface area contributed by atoms with Crippen LogP contribution in [0.4, 0.5) is 9.18 Å². The highest BCUT2D eigenvalue weighted by atomic mass is 32.1. The summed E-state index contributed by atoms with van der Waals surface area (Å²) < 4.78 is 19.1. The third-order valence-electron chi connectivity index (χ3n) is 6.65. The molecule has 0 spiro atoms. The number of thiophene rings is 1. The van der Waals surface area contributed by atoms with Gasteiger partial charge in [-0.1, -0.05) is 72.5 Å². The number of hydrogen-bond donors (Lipinski definition) is 1. The quantitative estimate of drug-likeness (QED) is 0.173. The Labute approximate surface area is 241 Å². The number of hydrogen-bond acceptors (Lipinski definition) is 5. The van der Waals surface area contributed by atoms with Crippen LogP contribution in [0.3, 0.4) is 0 Å². The van der Waals surface area contributed by atoms with Crippen LogP contribution in [0, 0.1) is 17.7 Å². The van der Waals surface area contributed by atoms with E-state index in [0.717, 1.165) is 36.9 Å². The lowest BCUT2D eigenvalue weighted by Crippen LogP contribution is -2.43. The van der Waals surface area contributed by atoms with Gasteiger partial charge in [-0.25, -0.2) is 14.0 Å². The van der Waals surface area contributed by atoms with E-state index in [1.807, 2.05) is 54.6 Å². The molecule has 5 aromatic rings. The molecule has 2 amide bonds. The first-order valence-electron chi connectivity index (χ1n) is 13.0. The van der Waals surface area contributed by atoms with E-state index in [0.29, 0.717) is 17.6 Å². The number of benzene rings is 3. The van der Waals surface area contributed by atoms with Crippen LogP contribution in [0.2, 0.25) is 0 Å². The van der Waals surface area contributed by atoms with E-state index in [9.17, 15) is 14.0 Å². The molecule has 2 atom stereocenters. The number of nitrogens with zero attached hydrogens (tertiary/aromatic N) is 1. The monoisotopic (exact) mass is 566 g/mol. The first-order valence-corrected chi connectivity index (χ1v) is 13.8. The number of carbonyl (C=O) groups is 2. The number of hydroxylamine groups is 2. The zero-order valence-electron chi connectivity index (χ0n) is 22.5. The van der Waals surface area contributed by atoms with E-state index in [4.69, 9.17) is 15.0 Å². The van der Waals surface area contributed by atoms with E-state index in [2.05, 4.69) is 11.8 Å². The number of furan rings is 1. The van der Waals surface area contributed by atoms with Crippen molar-refractivity contribution in [1.82, 2.24) is 5.06 Å². The van der Waals surface area contributed by atoms with Crippen LogP contribution in [-0.4, -0.2) is 23.1 Å². The lowest BCUT2D eigenvalue weighted by atomic mass is 9.97. The van der Waals surface area contributed by atoms with Crippen LogP contribution in [-0.2, 0) is 16.1 Å². The number of primary amides is 1. The van der Waals surface area contributed by atoms with Gasteiger partial charge in [0.05, 0.1) is 17.1 Å². The lowest BCUT2D eigenvalue weighted by molar-refractivity contribution is -0.181. The molecule has 0 saturated heterocycles. The topological polar surface area (TPSA) is 85.8 Å². The Morgan fingerprint density at radius 1 is 1.00 bits per heavy atom. The fraction of sp³-hybridized carbons (Fsp3) is 0.152. The molecule has 0 bridgehead atoms. The van der Waals surface area contributed by atoms with Crippen molar-refractivity contribution in [2.45, 2.75) is 32.2 Å². The molecule has 0 saturated carbocycles. The maximum Gasteiger partial charge on any atom is 0.349 e. The molecule has 8 heteroatoms. The standard InChI is InChI=1S/C33H27FN2O4S/c1-21(11-16-26-17-18-27(41-26)19-23-12-14-25(34)15-13-23)36(33(35)38)40-32(37)22(2)28-9-6-10-29-30(20-39-31(28)29)24-7-4-3-5-8-24/h3-10,12-15,17-18,20-22H,19H2,1-2H3,(H2,35,38). The highest BCUT2D eigenvalue weighted by Crippen LogP contribution is 2.35. The number of amides is 2. The molecule has 0 radical (unpaired) electrons. The van der Waals surface area contributed by atoms with Crippen molar-refractivity contribution < 1.29 is 23.2 Å². The van der Waals surface area contributed by atoms with E-state index < -0.39 is 24.0 Å². The van der Waals surface area contributed by atoms with Gasteiger partial charge >= 0.3 is 12.0 Å². The van der Waals surface area contributed by atoms with Gasteiger partial charge in [0, 0.05) is 27.8 Å². The van der Waals surface area contributed by atoms with Gasteiger partial charge in [0.1, 0.15) is 17.4 Å². The largest absolute Gasteiger partial charge is 0.463 e. The minimum absolute atomic E-state index is 0.273. The maximum absolute atomic E-state index is 13.2. The van der Waals surface area contributed by atoms with Crippen LogP contribution in [0.1, 0.15) is 40.6 Å². The fourth-order valence-corrected chi connectivity index (χ4v) is 5.36. The summed E-state index contributed by atoms with van der Waals surface area (Å²) in [5, 5.41) is 1.66. The van der Waals surface area contributed by atoms with Crippen LogP contribution in [0.25, 0.3) is 22.1 Å². The summed E-state index contributed by atoms with van der Waals surface area (Å²) in [5.74, 6) is 4.28. The number of rotatable bonds is 6. The Kier molecular flexibility index (Phi) is 8.18. The number of para-hydroxylation sites is 1. The summed E-state index contributed by atoms with van der Waals surface area (Å²) in [6.45, 7) is 3.31. The summed E-state index contributed by atoms with van der Waals surface area (Å²) >= 11 is 1.49. The summed E-state index contributed by atoms with van der Waals surface area (Å²) in [5.41, 5.74) is 9.66. The van der Waals surface area contributed by atoms with Gasteiger partial charge in [0.25, 0.3) is 0 Å². The molecular formula is C33H27FN2O4S. The maximum atomic E-state index is 13.2. The van der Waals surface area contributed by atoms with Gasteiger partial charge in [-0.05, 0) is 49.2 Å². The van der Waals surface area contributed by atoms with E-state index in [-0.39, 0.29) is 5.82 Å². The Morgan fingerprint density at radius 3 is 2.49 bits per heavy atom. The molecule has 2 N–H and O–H groups in total. The van der Waals surface area contributed by atoms with Crippen molar-refractivity contribution in [1.29, 1.82) is 0 Å². The second-order valence-corrected chi connectivity index (χ2v) is 10.7. The molecule has 0 aliphatic carbocycles. The molecule has 41 heavy (non-hydrogen) atoms. The molecule has 0 aliphatic heterocycles. The average molecular weight is 567 g/mol. The zero-order valence-corrected chi connectivity index (χ0v) is 23.3. The molecule has 2 heterocycles. The minimum Gasteiger partial charge on any atom is -0.463 e.